The van der Waals surface area contributed by atoms with Crippen molar-refractivity contribution in [1.82, 2.24) is 9.55 Å². The quantitative estimate of drug-likeness (QED) is 0.754. The second kappa shape index (κ2) is 6.14. The number of hydrogen-bond donors (Lipinski definition) is 1. The second-order valence-corrected chi connectivity index (χ2v) is 5.81. The zero-order chi connectivity index (χ0) is 14.7. The lowest BCUT2D eigenvalue weighted by Crippen LogP contribution is -2.05. The second-order valence-electron chi connectivity index (χ2n) is 4.89. The van der Waals surface area contributed by atoms with Crippen molar-refractivity contribution in [2.24, 2.45) is 0 Å². The number of aryl methyl sites for hydroxylation is 1. The highest BCUT2D eigenvalue weighted by molar-refractivity contribution is 9.10. The van der Waals surface area contributed by atoms with Crippen molar-refractivity contribution in [1.29, 1.82) is 0 Å². The molecule has 106 valence electrons. The molecule has 21 heavy (non-hydrogen) atoms. The zero-order valence-electron chi connectivity index (χ0n) is 11.8. The molecule has 1 aromatic heterocycles. The summed E-state index contributed by atoms with van der Waals surface area (Å²) in [5, 5.41) is 3.40. The number of imidazole rings is 1. The molecule has 3 aromatic rings. The fraction of sp³-hybridized carbons (Fsp3) is 0.118. The number of halogens is 1. The Morgan fingerprint density at radius 1 is 1.05 bits per heavy atom. The van der Waals surface area contributed by atoms with Crippen LogP contribution < -0.4 is 5.32 Å². The molecule has 0 bridgehead atoms. The van der Waals surface area contributed by atoms with Crippen LogP contribution in [0.3, 0.4) is 0 Å². The minimum atomic E-state index is 0.747. The number of benzene rings is 2. The van der Waals surface area contributed by atoms with Gasteiger partial charge < -0.3 is 5.32 Å². The van der Waals surface area contributed by atoms with Crippen LogP contribution in [0.4, 0.5) is 5.95 Å². The molecule has 0 radical (unpaired) electrons. The highest BCUT2D eigenvalue weighted by Gasteiger charge is 2.06. The molecule has 1 N–H and O–H groups in total. The van der Waals surface area contributed by atoms with Crippen LogP contribution in [-0.2, 0) is 6.54 Å². The maximum absolute atomic E-state index is 4.56. The Labute approximate surface area is 132 Å². The van der Waals surface area contributed by atoms with Gasteiger partial charge in [0.25, 0.3) is 0 Å². The molecule has 0 aliphatic carbocycles. The van der Waals surface area contributed by atoms with Crippen LogP contribution in [0, 0.1) is 6.92 Å². The molecule has 0 aliphatic rings. The SMILES string of the molecule is Cc1cn(-c2ccccc2)c(NCc2ccc(Br)cc2)n1. The van der Waals surface area contributed by atoms with Crippen molar-refractivity contribution < 1.29 is 0 Å². The molecule has 0 fully saturated rings. The Balaban J connectivity index is 1.81. The van der Waals surface area contributed by atoms with E-state index in [-0.39, 0.29) is 0 Å². The monoisotopic (exact) mass is 341 g/mol. The predicted molar refractivity (Wildman–Crippen MR) is 89.8 cm³/mol. The molecule has 0 aliphatic heterocycles. The molecule has 0 unspecified atom stereocenters. The van der Waals surface area contributed by atoms with Gasteiger partial charge in [-0.15, -0.1) is 0 Å². The molecule has 0 saturated carbocycles. The van der Waals surface area contributed by atoms with E-state index in [9.17, 15) is 0 Å². The lowest BCUT2D eigenvalue weighted by atomic mass is 10.2. The van der Waals surface area contributed by atoms with Crippen molar-refractivity contribution in [2.45, 2.75) is 13.5 Å². The van der Waals surface area contributed by atoms with Crippen LogP contribution in [0.15, 0.2) is 65.3 Å². The van der Waals surface area contributed by atoms with Gasteiger partial charge in [0.15, 0.2) is 0 Å². The highest BCUT2D eigenvalue weighted by Crippen LogP contribution is 2.17. The highest BCUT2D eigenvalue weighted by atomic mass is 79.9. The van der Waals surface area contributed by atoms with Crippen LogP contribution in [-0.4, -0.2) is 9.55 Å². The van der Waals surface area contributed by atoms with Crippen LogP contribution in [0.25, 0.3) is 5.69 Å². The molecule has 3 nitrogen and oxygen atoms in total. The summed E-state index contributed by atoms with van der Waals surface area (Å²) < 4.78 is 3.17. The van der Waals surface area contributed by atoms with E-state index >= 15 is 0 Å². The summed E-state index contributed by atoms with van der Waals surface area (Å²) >= 11 is 3.45. The number of para-hydroxylation sites is 1. The van der Waals surface area contributed by atoms with E-state index in [2.05, 4.69) is 55.1 Å². The topological polar surface area (TPSA) is 29.9 Å². The third-order valence-corrected chi connectivity index (χ3v) is 3.75. The Morgan fingerprint density at radius 2 is 1.76 bits per heavy atom. The van der Waals surface area contributed by atoms with Crippen LogP contribution >= 0.6 is 15.9 Å². The first-order valence-corrected chi connectivity index (χ1v) is 7.61. The van der Waals surface area contributed by atoms with Gasteiger partial charge in [-0.05, 0) is 36.8 Å². The summed E-state index contributed by atoms with van der Waals surface area (Å²) in [6.45, 7) is 2.75. The molecule has 0 spiro atoms. The fourth-order valence-electron chi connectivity index (χ4n) is 2.19. The summed E-state index contributed by atoms with van der Waals surface area (Å²) in [7, 11) is 0. The molecule has 0 saturated heterocycles. The zero-order valence-corrected chi connectivity index (χ0v) is 13.3. The van der Waals surface area contributed by atoms with Gasteiger partial charge in [-0.1, -0.05) is 46.3 Å². The maximum atomic E-state index is 4.56. The molecule has 0 amide bonds. The van der Waals surface area contributed by atoms with Gasteiger partial charge >= 0.3 is 0 Å². The minimum Gasteiger partial charge on any atom is -0.351 e. The lowest BCUT2D eigenvalue weighted by molar-refractivity contribution is 1.00. The maximum Gasteiger partial charge on any atom is 0.208 e. The van der Waals surface area contributed by atoms with Gasteiger partial charge in [-0.3, -0.25) is 4.57 Å². The van der Waals surface area contributed by atoms with Gasteiger partial charge in [-0.2, -0.15) is 0 Å². The number of rotatable bonds is 4. The molecule has 0 atom stereocenters. The molecule has 3 rings (SSSR count). The van der Waals surface area contributed by atoms with Crippen LogP contribution in [0.2, 0.25) is 0 Å². The van der Waals surface area contributed by atoms with Crippen molar-refractivity contribution in [3.8, 4) is 5.69 Å². The summed E-state index contributed by atoms with van der Waals surface area (Å²) in [5.41, 5.74) is 3.33. The van der Waals surface area contributed by atoms with Gasteiger partial charge in [-0.25, -0.2) is 4.98 Å². The number of nitrogens with zero attached hydrogens (tertiary/aromatic N) is 2. The summed E-state index contributed by atoms with van der Waals surface area (Å²) in [6, 6.07) is 18.5. The Hall–Kier alpha value is -2.07. The first-order chi connectivity index (χ1) is 10.2. The Morgan fingerprint density at radius 3 is 2.48 bits per heavy atom. The van der Waals surface area contributed by atoms with Gasteiger partial charge in [0.05, 0.1) is 5.69 Å². The first kappa shape index (κ1) is 13.9. The van der Waals surface area contributed by atoms with E-state index in [1.807, 2.05) is 43.5 Å². The van der Waals surface area contributed by atoms with Crippen LogP contribution in [0.5, 0.6) is 0 Å². The van der Waals surface area contributed by atoms with E-state index in [4.69, 9.17) is 0 Å². The normalized spacial score (nSPS) is 10.6. The van der Waals surface area contributed by atoms with Gasteiger partial charge in [0, 0.05) is 22.9 Å². The van der Waals surface area contributed by atoms with Gasteiger partial charge in [0.2, 0.25) is 5.95 Å². The molecular weight excluding hydrogens is 326 g/mol. The third kappa shape index (κ3) is 3.34. The average molecular weight is 342 g/mol. The van der Waals surface area contributed by atoms with Gasteiger partial charge in [0.1, 0.15) is 0 Å². The third-order valence-electron chi connectivity index (χ3n) is 3.22. The molecule has 4 heteroatoms. The minimum absolute atomic E-state index is 0.747. The summed E-state index contributed by atoms with van der Waals surface area (Å²) in [5.74, 6) is 0.863. The van der Waals surface area contributed by atoms with E-state index < -0.39 is 0 Å². The number of anilines is 1. The largest absolute Gasteiger partial charge is 0.351 e. The number of nitrogens with one attached hydrogen (secondary N) is 1. The van der Waals surface area contributed by atoms with Crippen molar-refractivity contribution in [3.63, 3.8) is 0 Å². The number of aromatic nitrogens is 2. The lowest BCUT2D eigenvalue weighted by Gasteiger charge is -2.09. The Kier molecular flexibility index (Phi) is 4.06. The Bertz CT molecular complexity index is 718. The van der Waals surface area contributed by atoms with Crippen LogP contribution in [0.1, 0.15) is 11.3 Å². The predicted octanol–water partition coefficient (Wildman–Crippen LogP) is 4.56. The fourth-order valence-corrected chi connectivity index (χ4v) is 2.46. The van der Waals surface area contributed by atoms with Crippen molar-refractivity contribution in [3.05, 3.63) is 76.5 Å². The summed E-state index contributed by atoms with van der Waals surface area (Å²) in [4.78, 5) is 4.56. The van der Waals surface area contributed by atoms with Crippen molar-refractivity contribution >= 4 is 21.9 Å². The molecule has 2 aromatic carbocycles. The number of hydrogen-bond acceptors (Lipinski definition) is 2. The summed E-state index contributed by atoms with van der Waals surface area (Å²) in [6.07, 6.45) is 2.04. The van der Waals surface area contributed by atoms with E-state index in [0.717, 1.165) is 28.3 Å². The molecular formula is C17H16BrN3. The standard InChI is InChI=1S/C17H16BrN3/c1-13-12-21(16-5-3-2-4-6-16)17(20-13)19-11-14-7-9-15(18)10-8-14/h2-10,12H,11H2,1H3,(H,19,20). The van der Waals surface area contributed by atoms with E-state index in [0.29, 0.717) is 0 Å². The smallest absolute Gasteiger partial charge is 0.208 e. The molecule has 1 heterocycles. The van der Waals surface area contributed by atoms with E-state index in [1.54, 1.807) is 0 Å². The van der Waals surface area contributed by atoms with Crippen molar-refractivity contribution in [2.75, 3.05) is 5.32 Å². The van der Waals surface area contributed by atoms with E-state index in [1.165, 1.54) is 5.56 Å². The average Bonchev–Trinajstić information content (AvgIpc) is 2.89. The first-order valence-electron chi connectivity index (χ1n) is 6.82.